The van der Waals surface area contributed by atoms with E-state index in [0.29, 0.717) is 16.9 Å². The first kappa shape index (κ1) is 11.1. The number of H-pyrrole nitrogens is 1. The van der Waals surface area contributed by atoms with E-state index >= 15 is 0 Å². The minimum atomic E-state index is -0.424. The molecular formula is C9H13N7O. The van der Waals surface area contributed by atoms with Gasteiger partial charge in [0.2, 0.25) is 11.9 Å². The van der Waals surface area contributed by atoms with Crippen LogP contribution in [0.25, 0.3) is 11.0 Å². The number of nitrogens with one attached hydrogen (secondary N) is 3. The van der Waals surface area contributed by atoms with Gasteiger partial charge in [0.15, 0.2) is 5.65 Å². The van der Waals surface area contributed by atoms with Crippen LogP contribution in [0.1, 0.15) is 6.92 Å². The van der Waals surface area contributed by atoms with Crippen LogP contribution in [0.3, 0.4) is 0 Å². The van der Waals surface area contributed by atoms with Crippen molar-refractivity contribution < 1.29 is 4.79 Å². The molecule has 5 N–H and O–H groups in total. The number of amides is 1. The first-order valence-electron chi connectivity index (χ1n) is 5.06. The zero-order valence-corrected chi connectivity index (χ0v) is 9.48. The molecule has 90 valence electrons. The largest absolute Gasteiger partial charge is 0.368 e. The molecule has 0 spiro atoms. The number of fused-ring (bicyclic) bond motifs is 1. The number of nitrogens with two attached hydrogens (primary N) is 1. The summed E-state index contributed by atoms with van der Waals surface area (Å²) in [4.78, 5) is 19.4. The molecule has 0 aromatic carbocycles. The SMILES string of the molecule is CNC(=O)C(C)Nc1nc(N)nc2[nH]ncc12. The van der Waals surface area contributed by atoms with Gasteiger partial charge in [-0.05, 0) is 6.92 Å². The van der Waals surface area contributed by atoms with Crippen LogP contribution in [-0.2, 0) is 4.79 Å². The third-order valence-corrected chi connectivity index (χ3v) is 2.32. The Bertz CT molecular complexity index is 549. The summed E-state index contributed by atoms with van der Waals surface area (Å²) >= 11 is 0. The standard InChI is InChI=1S/C9H13N7O/c1-4(8(17)11-2)13-6-5-3-12-16-7(5)15-9(10)14-6/h3-4H,1-2H3,(H,11,17)(H4,10,12,13,14,15,16). The average Bonchev–Trinajstić information content (AvgIpc) is 2.75. The van der Waals surface area contributed by atoms with Gasteiger partial charge >= 0.3 is 0 Å². The third kappa shape index (κ3) is 2.10. The van der Waals surface area contributed by atoms with Crippen molar-refractivity contribution in [3.05, 3.63) is 6.20 Å². The Morgan fingerprint density at radius 2 is 2.29 bits per heavy atom. The molecule has 0 aliphatic carbocycles. The molecule has 2 aromatic rings. The number of aromatic nitrogens is 4. The number of rotatable bonds is 3. The highest BCUT2D eigenvalue weighted by molar-refractivity contribution is 5.90. The molecule has 0 radical (unpaired) electrons. The van der Waals surface area contributed by atoms with Gasteiger partial charge < -0.3 is 16.4 Å². The van der Waals surface area contributed by atoms with Crippen molar-refractivity contribution in [3.63, 3.8) is 0 Å². The van der Waals surface area contributed by atoms with Gasteiger partial charge in [-0.15, -0.1) is 0 Å². The first-order chi connectivity index (χ1) is 8.11. The van der Waals surface area contributed by atoms with E-state index in [4.69, 9.17) is 5.73 Å². The molecule has 0 saturated carbocycles. The zero-order valence-electron chi connectivity index (χ0n) is 9.48. The Morgan fingerprint density at radius 1 is 1.53 bits per heavy atom. The van der Waals surface area contributed by atoms with Crippen molar-refractivity contribution in [3.8, 4) is 0 Å². The number of likely N-dealkylation sites (N-methyl/N-ethyl adjacent to an activating group) is 1. The molecule has 8 heteroatoms. The summed E-state index contributed by atoms with van der Waals surface area (Å²) < 4.78 is 0. The fourth-order valence-corrected chi connectivity index (χ4v) is 1.45. The van der Waals surface area contributed by atoms with E-state index in [9.17, 15) is 4.79 Å². The Hall–Kier alpha value is -2.38. The number of carbonyl (C=O) groups excluding carboxylic acids is 1. The summed E-state index contributed by atoms with van der Waals surface area (Å²) in [5, 5.41) is 12.7. The van der Waals surface area contributed by atoms with E-state index in [1.807, 2.05) is 0 Å². The molecule has 0 bridgehead atoms. The molecule has 1 atom stereocenters. The highest BCUT2D eigenvalue weighted by atomic mass is 16.2. The van der Waals surface area contributed by atoms with E-state index in [2.05, 4.69) is 30.8 Å². The van der Waals surface area contributed by atoms with Gasteiger partial charge in [-0.25, -0.2) is 0 Å². The molecule has 0 aliphatic rings. The van der Waals surface area contributed by atoms with Crippen molar-refractivity contribution in [1.82, 2.24) is 25.5 Å². The molecule has 2 aromatic heterocycles. The lowest BCUT2D eigenvalue weighted by Crippen LogP contribution is -2.35. The molecule has 0 saturated heterocycles. The van der Waals surface area contributed by atoms with Gasteiger partial charge in [0.1, 0.15) is 11.9 Å². The van der Waals surface area contributed by atoms with Crippen LogP contribution >= 0.6 is 0 Å². The number of aromatic amines is 1. The van der Waals surface area contributed by atoms with E-state index in [1.54, 1.807) is 20.2 Å². The highest BCUT2D eigenvalue weighted by Crippen LogP contribution is 2.19. The summed E-state index contributed by atoms with van der Waals surface area (Å²) in [6.07, 6.45) is 1.58. The Morgan fingerprint density at radius 3 is 3.00 bits per heavy atom. The van der Waals surface area contributed by atoms with E-state index in [-0.39, 0.29) is 11.9 Å². The summed E-state index contributed by atoms with van der Waals surface area (Å²) in [5.74, 6) is 0.463. The summed E-state index contributed by atoms with van der Waals surface area (Å²) in [6.45, 7) is 1.73. The summed E-state index contributed by atoms with van der Waals surface area (Å²) in [5.41, 5.74) is 6.09. The minimum Gasteiger partial charge on any atom is -0.368 e. The Labute approximate surface area is 97.0 Å². The predicted molar refractivity (Wildman–Crippen MR) is 63.2 cm³/mol. The molecule has 1 amide bonds. The molecule has 17 heavy (non-hydrogen) atoms. The number of carbonyl (C=O) groups is 1. The lowest BCUT2D eigenvalue weighted by atomic mass is 10.3. The molecular weight excluding hydrogens is 222 g/mol. The van der Waals surface area contributed by atoms with Crippen LogP contribution in [0.5, 0.6) is 0 Å². The van der Waals surface area contributed by atoms with Crippen LogP contribution in [0.4, 0.5) is 11.8 Å². The molecule has 0 aliphatic heterocycles. The lowest BCUT2D eigenvalue weighted by molar-refractivity contribution is -0.121. The molecule has 2 rings (SSSR count). The van der Waals surface area contributed by atoms with Gasteiger partial charge in [-0.1, -0.05) is 0 Å². The van der Waals surface area contributed by atoms with Gasteiger partial charge in [0.25, 0.3) is 0 Å². The van der Waals surface area contributed by atoms with Crippen LogP contribution in [0.2, 0.25) is 0 Å². The normalized spacial score (nSPS) is 12.4. The maximum absolute atomic E-state index is 11.4. The van der Waals surface area contributed by atoms with Crippen LogP contribution in [0.15, 0.2) is 6.20 Å². The molecule has 8 nitrogen and oxygen atoms in total. The fourth-order valence-electron chi connectivity index (χ4n) is 1.45. The van der Waals surface area contributed by atoms with Crippen molar-refractivity contribution in [2.75, 3.05) is 18.1 Å². The monoisotopic (exact) mass is 235 g/mol. The van der Waals surface area contributed by atoms with E-state index in [0.717, 1.165) is 0 Å². The van der Waals surface area contributed by atoms with Crippen molar-refractivity contribution in [2.45, 2.75) is 13.0 Å². The van der Waals surface area contributed by atoms with Gasteiger partial charge in [-0.2, -0.15) is 15.1 Å². The van der Waals surface area contributed by atoms with Crippen molar-refractivity contribution in [1.29, 1.82) is 0 Å². The second-order valence-electron chi connectivity index (χ2n) is 3.54. The number of hydrogen-bond donors (Lipinski definition) is 4. The number of anilines is 2. The van der Waals surface area contributed by atoms with Crippen LogP contribution < -0.4 is 16.4 Å². The molecule has 1 unspecified atom stereocenters. The van der Waals surface area contributed by atoms with Gasteiger partial charge in [0.05, 0.1) is 11.6 Å². The second-order valence-corrected chi connectivity index (χ2v) is 3.54. The summed E-state index contributed by atoms with van der Waals surface area (Å²) in [7, 11) is 1.57. The highest BCUT2D eigenvalue weighted by Gasteiger charge is 2.14. The Balaban J connectivity index is 2.34. The molecule has 0 fully saturated rings. The number of nitrogen functional groups attached to an aromatic ring is 1. The van der Waals surface area contributed by atoms with Crippen LogP contribution in [0, 0.1) is 0 Å². The number of hydrogen-bond acceptors (Lipinski definition) is 6. The predicted octanol–water partition coefficient (Wildman–Crippen LogP) is -0.518. The maximum atomic E-state index is 11.4. The van der Waals surface area contributed by atoms with Crippen LogP contribution in [-0.4, -0.2) is 39.2 Å². The molecule has 2 heterocycles. The topological polar surface area (TPSA) is 122 Å². The lowest BCUT2D eigenvalue weighted by Gasteiger charge is -2.13. The van der Waals surface area contributed by atoms with E-state index in [1.165, 1.54) is 0 Å². The zero-order chi connectivity index (χ0) is 12.4. The van der Waals surface area contributed by atoms with Gasteiger partial charge in [-0.3, -0.25) is 9.89 Å². The minimum absolute atomic E-state index is 0.119. The summed E-state index contributed by atoms with van der Waals surface area (Å²) in [6, 6.07) is -0.424. The van der Waals surface area contributed by atoms with Crippen molar-refractivity contribution in [2.24, 2.45) is 0 Å². The third-order valence-electron chi connectivity index (χ3n) is 2.32. The Kier molecular flexibility index (Phi) is 2.77. The van der Waals surface area contributed by atoms with Gasteiger partial charge in [0, 0.05) is 7.05 Å². The smallest absolute Gasteiger partial charge is 0.241 e. The second kappa shape index (κ2) is 4.24. The quantitative estimate of drug-likeness (QED) is 0.568. The van der Waals surface area contributed by atoms with E-state index < -0.39 is 6.04 Å². The average molecular weight is 235 g/mol. The number of nitrogens with zero attached hydrogens (tertiary/aromatic N) is 3. The maximum Gasteiger partial charge on any atom is 0.241 e. The fraction of sp³-hybridized carbons (Fsp3) is 0.333. The van der Waals surface area contributed by atoms with Crippen molar-refractivity contribution >= 4 is 28.7 Å². The first-order valence-corrected chi connectivity index (χ1v) is 5.06.